The summed E-state index contributed by atoms with van der Waals surface area (Å²) >= 11 is 0. The number of benzene rings is 1. The van der Waals surface area contributed by atoms with E-state index in [0.717, 1.165) is 5.56 Å². The average Bonchev–Trinajstić information content (AvgIpc) is 2.19. The Morgan fingerprint density at radius 3 is 2.50 bits per heavy atom. The second-order valence-corrected chi connectivity index (χ2v) is 3.59. The Labute approximate surface area is 83.3 Å². The third-order valence-corrected chi connectivity index (χ3v) is 2.38. The first-order valence-corrected chi connectivity index (χ1v) is 4.68. The van der Waals surface area contributed by atoms with E-state index < -0.39 is 5.60 Å². The summed E-state index contributed by atoms with van der Waals surface area (Å²) in [4.78, 5) is 0. The van der Waals surface area contributed by atoms with Crippen LogP contribution in [0.15, 0.2) is 30.3 Å². The van der Waals surface area contributed by atoms with Crippen molar-refractivity contribution in [1.29, 1.82) is 0 Å². The Morgan fingerprint density at radius 2 is 2.00 bits per heavy atom. The fraction of sp³-hybridized carbons (Fsp3) is 0.455. The lowest BCUT2D eigenvalue weighted by Gasteiger charge is -2.38. The first-order valence-electron chi connectivity index (χ1n) is 4.68. The number of ether oxygens (including phenoxy) is 2. The maximum absolute atomic E-state index is 10.9. The average molecular weight is 193 g/mol. The van der Waals surface area contributed by atoms with Crippen molar-refractivity contribution < 1.29 is 14.6 Å². The molecule has 3 heteroatoms. The van der Waals surface area contributed by atoms with E-state index in [1.807, 2.05) is 30.3 Å². The highest BCUT2D eigenvalue weighted by Crippen LogP contribution is 2.22. The van der Waals surface area contributed by atoms with Crippen LogP contribution in [0.3, 0.4) is 0 Å². The molecule has 1 aliphatic rings. The summed E-state index contributed by atoms with van der Waals surface area (Å²) in [5, 5.41) is 10.9. The molecule has 1 aliphatic heterocycles. The molecule has 1 saturated heterocycles. The molecule has 0 N–H and O–H groups in total. The van der Waals surface area contributed by atoms with Crippen LogP contribution < -0.4 is 0 Å². The molecule has 75 valence electrons. The Bertz CT molecular complexity index is 274. The first kappa shape index (κ1) is 9.65. The van der Waals surface area contributed by atoms with Gasteiger partial charge in [0.05, 0.1) is 19.8 Å². The largest absolute Gasteiger partial charge is 0.375 e. The molecule has 0 spiro atoms. The van der Waals surface area contributed by atoms with Crippen molar-refractivity contribution in [2.75, 3.05) is 19.8 Å². The lowest BCUT2D eigenvalue weighted by atomic mass is 10.0. The minimum absolute atomic E-state index is 0.222. The normalized spacial score (nSPS) is 18.9. The maximum Gasteiger partial charge on any atom is 0.141 e. The molecule has 0 aliphatic carbocycles. The van der Waals surface area contributed by atoms with Crippen LogP contribution in [-0.2, 0) is 21.2 Å². The van der Waals surface area contributed by atoms with Gasteiger partial charge in [-0.2, -0.15) is 0 Å². The van der Waals surface area contributed by atoms with Gasteiger partial charge < -0.3 is 9.47 Å². The second-order valence-electron chi connectivity index (χ2n) is 3.59. The van der Waals surface area contributed by atoms with Crippen molar-refractivity contribution in [3.8, 4) is 0 Å². The van der Waals surface area contributed by atoms with Crippen LogP contribution in [-0.4, -0.2) is 25.4 Å². The molecule has 1 heterocycles. The number of hydrogen-bond acceptors (Lipinski definition) is 2. The molecule has 0 amide bonds. The molecule has 0 saturated carbocycles. The zero-order valence-electron chi connectivity index (χ0n) is 7.94. The smallest absolute Gasteiger partial charge is 0.141 e. The van der Waals surface area contributed by atoms with Gasteiger partial charge >= 0.3 is 0 Å². The predicted molar refractivity (Wildman–Crippen MR) is 50.3 cm³/mol. The molecular weight excluding hydrogens is 180 g/mol. The van der Waals surface area contributed by atoms with Crippen molar-refractivity contribution in [2.45, 2.75) is 12.2 Å². The molecule has 1 radical (unpaired) electrons. The van der Waals surface area contributed by atoms with Gasteiger partial charge in [0.1, 0.15) is 12.2 Å². The topological polar surface area (TPSA) is 38.4 Å². The van der Waals surface area contributed by atoms with Crippen LogP contribution in [0, 0.1) is 0 Å². The van der Waals surface area contributed by atoms with Crippen molar-refractivity contribution in [3.63, 3.8) is 0 Å². The molecule has 1 fully saturated rings. The van der Waals surface area contributed by atoms with Gasteiger partial charge in [-0.1, -0.05) is 30.3 Å². The third-order valence-electron chi connectivity index (χ3n) is 2.38. The van der Waals surface area contributed by atoms with Crippen LogP contribution in [0.5, 0.6) is 0 Å². The summed E-state index contributed by atoms with van der Waals surface area (Å²) < 4.78 is 10.6. The predicted octanol–water partition coefficient (Wildman–Crippen LogP) is 1.40. The maximum atomic E-state index is 10.9. The summed E-state index contributed by atoms with van der Waals surface area (Å²) in [6, 6.07) is 9.84. The van der Waals surface area contributed by atoms with Crippen molar-refractivity contribution in [1.82, 2.24) is 0 Å². The highest BCUT2D eigenvalue weighted by Gasteiger charge is 2.39. The zero-order valence-corrected chi connectivity index (χ0v) is 7.94. The summed E-state index contributed by atoms with van der Waals surface area (Å²) in [6.45, 7) is 1.14. The van der Waals surface area contributed by atoms with Gasteiger partial charge in [0, 0.05) is 0 Å². The molecule has 2 rings (SSSR count). The van der Waals surface area contributed by atoms with Gasteiger partial charge in [0.15, 0.2) is 0 Å². The third kappa shape index (κ3) is 1.95. The summed E-state index contributed by atoms with van der Waals surface area (Å²) in [7, 11) is 0. The van der Waals surface area contributed by atoms with Crippen LogP contribution in [0.4, 0.5) is 0 Å². The van der Waals surface area contributed by atoms with Crippen LogP contribution in [0.25, 0.3) is 0 Å². The van der Waals surface area contributed by atoms with Crippen molar-refractivity contribution in [2.24, 2.45) is 0 Å². The van der Waals surface area contributed by atoms with E-state index >= 15 is 0 Å². The number of hydrogen-bond donors (Lipinski definition) is 0. The lowest BCUT2D eigenvalue weighted by Crippen LogP contribution is -2.54. The van der Waals surface area contributed by atoms with E-state index in [-0.39, 0.29) is 6.61 Å². The molecule has 3 nitrogen and oxygen atoms in total. The van der Waals surface area contributed by atoms with Crippen molar-refractivity contribution in [3.05, 3.63) is 35.9 Å². The zero-order chi connectivity index (χ0) is 9.86. The molecule has 1 aromatic carbocycles. The van der Waals surface area contributed by atoms with E-state index in [4.69, 9.17) is 9.47 Å². The molecule has 0 atom stereocenters. The molecule has 1 aromatic rings. The van der Waals surface area contributed by atoms with E-state index in [0.29, 0.717) is 19.8 Å². The van der Waals surface area contributed by atoms with E-state index in [1.54, 1.807) is 0 Å². The monoisotopic (exact) mass is 193 g/mol. The minimum Gasteiger partial charge on any atom is -0.375 e. The van der Waals surface area contributed by atoms with E-state index in [1.165, 1.54) is 0 Å². The van der Waals surface area contributed by atoms with Crippen LogP contribution in [0.2, 0.25) is 0 Å². The first-order chi connectivity index (χ1) is 6.85. The van der Waals surface area contributed by atoms with Gasteiger partial charge in [-0.15, -0.1) is 0 Å². The highest BCUT2D eigenvalue weighted by atomic mass is 16.6. The summed E-state index contributed by atoms with van der Waals surface area (Å²) in [5.74, 6) is 0. The molecular formula is C11H13O3. The van der Waals surface area contributed by atoms with Crippen LogP contribution >= 0.6 is 0 Å². The van der Waals surface area contributed by atoms with E-state index in [2.05, 4.69) is 0 Å². The molecule has 0 bridgehead atoms. The lowest BCUT2D eigenvalue weighted by molar-refractivity contribution is -0.238. The fourth-order valence-corrected chi connectivity index (χ4v) is 1.35. The fourth-order valence-electron chi connectivity index (χ4n) is 1.35. The van der Waals surface area contributed by atoms with Crippen molar-refractivity contribution >= 4 is 0 Å². The van der Waals surface area contributed by atoms with Gasteiger partial charge in [0.25, 0.3) is 0 Å². The summed E-state index contributed by atoms with van der Waals surface area (Å²) in [6.07, 6.45) is 0. The molecule has 0 aromatic heterocycles. The van der Waals surface area contributed by atoms with Gasteiger partial charge in [0.2, 0.25) is 0 Å². The summed E-state index contributed by atoms with van der Waals surface area (Å²) in [5.41, 5.74) is 0.530. The Hall–Kier alpha value is -0.900. The number of rotatable bonds is 4. The Balaban J connectivity index is 1.88. The second kappa shape index (κ2) is 4.09. The minimum atomic E-state index is -0.560. The van der Waals surface area contributed by atoms with Gasteiger partial charge in [-0.3, -0.25) is 0 Å². The molecule has 0 unspecified atom stereocenters. The van der Waals surface area contributed by atoms with E-state index in [9.17, 15) is 5.11 Å². The standard InChI is InChI=1S/C11H13O3/c12-7-11(8-13-9-11)14-6-10-4-2-1-3-5-10/h1-5H,6-9H2. The van der Waals surface area contributed by atoms with Gasteiger partial charge in [-0.25, -0.2) is 5.11 Å². The van der Waals surface area contributed by atoms with Crippen LogP contribution in [0.1, 0.15) is 5.56 Å². The highest BCUT2D eigenvalue weighted by molar-refractivity contribution is 5.13. The SMILES string of the molecule is [O]CC1(OCc2ccccc2)COC1. The Morgan fingerprint density at radius 1 is 1.29 bits per heavy atom. The van der Waals surface area contributed by atoms with Gasteiger partial charge in [-0.05, 0) is 5.56 Å². The molecule has 14 heavy (non-hydrogen) atoms. The Kier molecular flexibility index (Phi) is 2.82. The quantitative estimate of drug-likeness (QED) is 0.725.